The van der Waals surface area contributed by atoms with Crippen molar-refractivity contribution in [2.75, 3.05) is 11.1 Å². The number of pyridine rings is 1. The monoisotopic (exact) mass is 201 g/mol. The summed E-state index contributed by atoms with van der Waals surface area (Å²) in [5.41, 5.74) is 7.92. The largest absolute Gasteiger partial charge is 0.396 e. The molecule has 76 valence electrons. The van der Waals surface area contributed by atoms with Gasteiger partial charge in [-0.25, -0.2) is 0 Å². The van der Waals surface area contributed by atoms with E-state index >= 15 is 0 Å². The number of aromatic nitrogens is 1. The molecule has 0 fully saturated rings. The Bertz CT molecular complexity index is 522. The van der Waals surface area contributed by atoms with Crippen molar-refractivity contribution in [1.29, 1.82) is 0 Å². The Morgan fingerprint density at radius 1 is 1.40 bits per heavy atom. The Morgan fingerprint density at radius 2 is 2.20 bits per heavy atom. The molecule has 2 rings (SSSR count). The zero-order chi connectivity index (χ0) is 10.8. The van der Waals surface area contributed by atoms with Crippen LogP contribution < -0.4 is 11.1 Å². The second-order valence-electron chi connectivity index (χ2n) is 3.28. The Balaban J connectivity index is 2.59. The van der Waals surface area contributed by atoms with Crippen molar-refractivity contribution in [3.63, 3.8) is 0 Å². The normalized spacial score (nSPS) is 10.2. The van der Waals surface area contributed by atoms with E-state index < -0.39 is 0 Å². The van der Waals surface area contributed by atoms with E-state index in [1.165, 1.54) is 6.92 Å². The molecule has 0 unspecified atom stereocenters. The molecule has 1 aromatic carbocycles. The predicted molar refractivity (Wildman–Crippen MR) is 60.5 cm³/mol. The maximum absolute atomic E-state index is 10.9. The number of carbonyl (C=O) groups excluding carboxylic acids is 1. The summed E-state index contributed by atoms with van der Waals surface area (Å²) in [6.45, 7) is 1.45. The first-order chi connectivity index (χ1) is 7.18. The summed E-state index contributed by atoms with van der Waals surface area (Å²) in [6.07, 6.45) is 1.71. The molecule has 4 nitrogen and oxygen atoms in total. The fourth-order valence-corrected chi connectivity index (χ4v) is 1.47. The predicted octanol–water partition coefficient (Wildman–Crippen LogP) is 1.78. The van der Waals surface area contributed by atoms with Gasteiger partial charge >= 0.3 is 0 Å². The van der Waals surface area contributed by atoms with Gasteiger partial charge in [-0.3, -0.25) is 9.78 Å². The number of nitrogens with two attached hydrogens (primary N) is 1. The fourth-order valence-electron chi connectivity index (χ4n) is 1.47. The molecule has 2 aromatic rings. The van der Waals surface area contributed by atoms with Gasteiger partial charge in [-0.2, -0.15) is 0 Å². The topological polar surface area (TPSA) is 68.0 Å². The van der Waals surface area contributed by atoms with E-state index in [9.17, 15) is 4.79 Å². The Kier molecular flexibility index (Phi) is 2.25. The third-order valence-electron chi connectivity index (χ3n) is 2.14. The van der Waals surface area contributed by atoms with Crippen LogP contribution in [0.15, 0.2) is 30.5 Å². The van der Waals surface area contributed by atoms with Crippen LogP contribution >= 0.6 is 0 Å². The highest BCUT2D eigenvalue weighted by Gasteiger charge is 2.05. The number of carbonyl (C=O) groups is 1. The molecule has 4 heteroatoms. The smallest absolute Gasteiger partial charge is 0.221 e. The van der Waals surface area contributed by atoms with Crippen LogP contribution in [0, 0.1) is 0 Å². The number of nitrogens with one attached hydrogen (secondary N) is 1. The quantitative estimate of drug-likeness (QED) is 0.691. The van der Waals surface area contributed by atoms with Gasteiger partial charge in [-0.1, -0.05) is 0 Å². The molecule has 1 aromatic heterocycles. The minimum Gasteiger partial charge on any atom is -0.396 e. The van der Waals surface area contributed by atoms with E-state index in [2.05, 4.69) is 10.3 Å². The van der Waals surface area contributed by atoms with E-state index in [4.69, 9.17) is 5.73 Å². The number of hydrogen-bond acceptors (Lipinski definition) is 3. The van der Waals surface area contributed by atoms with Gasteiger partial charge in [-0.05, 0) is 24.3 Å². The molecule has 0 saturated carbocycles. The summed E-state index contributed by atoms with van der Waals surface area (Å²) in [6, 6.07) is 7.28. The zero-order valence-electron chi connectivity index (χ0n) is 8.32. The number of rotatable bonds is 1. The zero-order valence-corrected chi connectivity index (χ0v) is 8.32. The molecule has 0 radical (unpaired) electrons. The van der Waals surface area contributed by atoms with Crippen LogP contribution in [-0.2, 0) is 4.79 Å². The van der Waals surface area contributed by atoms with E-state index in [-0.39, 0.29) is 5.91 Å². The van der Waals surface area contributed by atoms with Crippen molar-refractivity contribution >= 4 is 28.2 Å². The van der Waals surface area contributed by atoms with Gasteiger partial charge in [0.1, 0.15) is 0 Å². The molecule has 0 atom stereocenters. The van der Waals surface area contributed by atoms with Crippen LogP contribution in [0.1, 0.15) is 6.92 Å². The molecule has 3 N–H and O–H groups in total. The van der Waals surface area contributed by atoms with E-state index in [0.717, 1.165) is 10.9 Å². The highest BCUT2D eigenvalue weighted by Crippen LogP contribution is 2.27. The van der Waals surface area contributed by atoms with Crippen LogP contribution in [0.5, 0.6) is 0 Å². The van der Waals surface area contributed by atoms with Gasteiger partial charge in [0.25, 0.3) is 0 Å². The number of nitrogens with zero attached hydrogens (tertiary/aromatic N) is 1. The fraction of sp³-hybridized carbons (Fsp3) is 0.0909. The highest BCUT2D eigenvalue weighted by molar-refractivity contribution is 6.01. The van der Waals surface area contributed by atoms with Crippen molar-refractivity contribution in [2.24, 2.45) is 0 Å². The second-order valence-corrected chi connectivity index (χ2v) is 3.28. The first kappa shape index (κ1) is 9.45. The van der Waals surface area contributed by atoms with Crippen LogP contribution in [-0.4, -0.2) is 10.9 Å². The SMILES string of the molecule is CC(=O)Nc1ccc2ncccc2c1N. The molecule has 1 heterocycles. The van der Waals surface area contributed by atoms with Gasteiger partial charge < -0.3 is 11.1 Å². The summed E-state index contributed by atoms with van der Waals surface area (Å²) in [5, 5.41) is 3.52. The Morgan fingerprint density at radius 3 is 2.93 bits per heavy atom. The van der Waals surface area contributed by atoms with Gasteiger partial charge in [-0.15, -0.1) is 0 Å². The van der Waals surface area contributed by atoms with Gasteiger partial charge in [0.05, 0.1) is 16.9 Å². The molecule has 0 aliphatic heterocycles. The van der Waals surface area contributed by atoms with Crippen LogP contribution in [0.2, 0.25) is 0 Å². The van der Waals surface area contributed by atoms with Crippen LogP contribution in [0.25, 0.3) is 10.9 Å². The number of nitrogen functional groups attached to an aromatic ring is 1. The number of fused-ring (bicyclic) bond motifs is 1. The highest BCUT2D eigenvalue weighted by atomic mass is 16.1. The molecule has 0 aliphatic carbocycles. The molecule has 0 saturated heterocycles. The Hall–Kier alpha value is -2.10. The molecule has 0 spiro atoms. The summed E-state index contributed by atoms with van der Waals surface area (Å²) in [4.78, 5) is 15.1. The number of hydrogen-bond donors (Lipinski definition) is 2. The molecule has 15 heavy (non-hydrogen) atoms. The van der Waals surface area contributed by atoms with E-state index in [0.29, 0.717) is 11.4 Å². The number of benzene rings is 1. The first-order valence-electron chi connectivity index (χ1n) is 4.59. The molecular formula is C11H11N3O. The van der Waals surface area contributed by atoms with E-state index in [1.807, 2.05) is 18.2 Å². The molecular weight excluding hydrogens is 190 g/mol. The van der Waals surface area contributed by atoms with Crippen molar-refractivity contribution < 1.29 is 4.79 Å². The number of amides is 1. The third-order valence-corrected chi connectivity index (χ3v) is 2.14. The van der Waals surface area contributed by atoms with Crippen molar-refractivity contribution in [1.82, 2.24) is 4.98 Å². The van der Waals surface area contributed by atoms with Crippen LogP contribution in [0.3, 0.4) is 0 Å². The van der Waals surface area contributed by atoms with Crippen molar-refractivity contribution in [3.8, 4) is 0 Å². The van der Waals surface area contributed by atoms with Gasteiger partial charge in [0.2, 0.25) is 5.91 Å². The lowest BCUT2D eigenvalue weighted by atomic mass is 10.1. The Labute approximate surface area is 87.1 Å². The standard InChI is InChI=1S/C11H11N3O/c1-7(15)14-10-5-4-9-8(11(10)12)3-2-6-13-9/h2-6H,12H2,1H3,(H,14,15). The molecule has 1 amide bonds. The summed E-state index contributed by atoms with van der Waals surface area (Å²) >= 11 is 0. The minimum absolute atomic E-state index is 0.134. The number of anilines is 2. The van der Waals surface area contributed by atoms with Gasteiger partial charge in [0, 0.05) is 18.5 Å². The maximum Gasteiger partial charge on any atom is 0.221 e. The first-order valence-corrected chi connectivity index (χ1v) is 4.59. The molecule has 0 bridgehead atoms. The molecule has 0 aliphatic rings. The average Bonchev–Trinajstić information content (AvgIpc) is 2.22. The van der Waals surface area contributed by atoms with Crippen LogP contribution in [0.4, 0.5) is 11.4 Å². The lowest BCUT2D eigenvalue weighted by Gasteiger charge is -2.08. The summed E-state index contributed by atoms with van der Waals surface area (Å²) < 4.78 is 0. The van der Waals surface area contributed by atoms with Crippen molar-refractivity contribution in [3.05, 3.63) is 30.5 Å². The second kappa shape index (κ2) is 3.57. The lowest BCUT2D eigenvalue weighted by Crippen LogP contribution is -2.08. The van der Waals surface area contributed by atoms with Gasteiger partial charge in [0.15, 0.2) is 0 Å². The minimum atomic E-state index is -0.134. The third kappa shape index (κ3) is 1.74. The van der Waals surface area contributed by atoms with E-state index in [1.54, 1.807) is 12.3 Å². The average molecular weight is 201 g/mol. The lowest BCUT2D eigenvalue weighted by molar-refractivity contribution is -0.114. The van der Waals surface area contributed by atoms with Crippen molar-refractivity contribution in [2.45, 2.75) is 6.92 Å². The maximum atomic E-state index is 10.9. The summed E-state index contributed by atoms with van der Waals surface area (Å²) in [5.74, 6) is -0.134. The summed E-state index contributed by atoms with van der Waals surface area (Å²) in [7, 11) is 0.